The molecule has 1 aromatic heterocycles. The summed E-state index contributed by atoms with van der Waals surface area (Å²) >= 11 is 0. The van der Waals surface area contributed by atoms with Gasteiger partial charge in [-0.3, -0.25) is 0 Å². The van der Waals surface area contributed by atoms with Crippen molar-refractivity contribution in [1.82, 2.24) is 0 Å². The Balaban J connectivity index is 1.95. The van der Waals surface area contributed by atoms with E-state index in [9.17, 15) is 0 Å². The minimum atomic E-state index is -0.0298. The average Bonchev–Trinajstić information content (AvgIpc) is 2.88. The van der Waals surface area contributed by atoms with Crippen molar-refractivity contribution < 1.29 is 14.3 Å². The number of aliphatic hydroxyl groups excluding tert-OH is 1. The molecule has 1 aromatic carbocycles. The van der Waals surface area contributed by atoms with Gasteiger partial charge in [-0.2, -0.15) is 0 Å². The van der Waals surface area contributed by atoms with Gasteiger partial charge in [0.15, 0.2) is 0 Å². The summed E-state index contributed by atoms with van der Waals surface area (Å²) in [6, 6.07) is 9.17. The van der Waals surface area contributed by atoms with Gasteiger partial charge in [0.1, 0.15) is 18.1 Å². The van der Waals surface area contributed by atoms with E-state index in [1.807, 2.05) is 18.2 Å². The van der Waals surface area contributed by atoms with Crippen LogP contribution in [0, 0.1) is 0 Å². The highest BCUT2D eigenvalue weighted by Crippen LogP contribution is 2.25. The molecule has 0 saturated heterocycles. The molecular formula is C13H16N2O3. The average molecular weight is 248 g/mol. The predicted octanol–water partition coefficient (Wildman–Crippen LogP) is 1.85. The van der Waals surface area contributed by atoms with Crippen molar-refractivity contribution in [1.29, 1.82) is 0 Å². The predicted molar refractivity (Wildman–Crippen MR) is 69.5 cm³/mol. The first-order valence-electron chi connectivity index (χ1n) is 5.69. The van der Waals surface area contributed by atoms with E-state index in [2.05, 4.69) is 5.32 Å². The lowest BCUT2D eigenvalue weighted by Crippen LogP contribution is -2.04. The molecule has 96 valence electrons. The van der Waals surface area contributed by atoms with Crippen molar-refractivity contribution in [3.05, 3.63) is 42.4 Å². The molecule has 18 heavy (non-hydrogen) atoms. The highest BCUT2D eigenvalue weighted by atomic mass is 16.5. The first kappa shape index (κ1) is 12.3. The quantitative estimate of drug-likeness (QED) is 0.680. The van der Waals surface area contributed by atoms with Crippen molar-refractivity contribution in [2.24, 2.45) is 0 Å². The van der Waals surface area contributed by atoms with E-state index in [-0.39, 0.29) is 13.2 Å². The second-order valence-electron chi connectivity index (χ2n) is 3.76. The van der Waals surface area contributed by atoms with Gasteiger partial charge >= 0.3 is 0 Å². The third-order valence-electron chi connectivity index (χ3n) is 2.41. The van der Waals surface area contributed by atoms with Crippen molar-refractivity contribution >= 4 is 11.4 Å². The standard InChI is InChI=1S/C13H16N2O3/c14-12-8-10(3-4-13(12)18-7-5-16)15-9-11-2-1-6-17-11/h1-4,6,8,15-16H,5,7,9,14H2. The fourth-order valence-corrected chi connectivity index (χ4v) is 1.55. The number of nitrogen functional groups attached to an aromatic ring is 1. The van der Waals surface area contributed by atoms with Gasteiger partial charge in [-0.1, -0.05) is 0 Å². The van der Waals surface area contributed by atoms with E-state index in [1.165, 1.54) is 0 Å². The van der Waals surface area contributed by atoms with E-state index in [0.29, 0.717) is 18.0 Å². The van der Waals surface area contributed by atoms with Crippen LogP contribution in [0.15, 0.2) is 41.0 Å². The van der Waals surface area contributed by atoms with Crippen molar-refractivity contribution in [3.63, 3.8) is 0 Å². The maximum absolute atomic E-state index is 8.67. The zero-order chi connectivity index (χ0) is 12.8. The number of anilines is 2. The van der Waals surface area contributed by atoms with Gasteiger partial charge in [-0.25, -0.2) is 0 Å². The normalized spacial score (nSPS) is 10.3. The van der Waals surface area contributed by atoms with Gasteiger partial charge in [0, 0.05) is 5.69 Å². The number of hydrogen-bond acceptors (Lipinski definition) is 5. The number of aliphatic hydroxyl groups is 1. The molecule has 2 aromatic rings. The smallest absolute Gasteiger partial charge is 0.142 e. The molecule has 2 rings (SSSR count). The molecule has 0 unspecified atom stereocenters. The maximum Gasteiger partial charge on any atom is 0.142 e. The first-order chi connectivity index (χ1) is 8.79. The second-order valence-corrected chi connectivity index (χ2v) is 3.76. The number of benzene rings is 1. The molecule has 5 heteroatoms. The van der Waals surface area contributed by atoms with Crippen LogP contribution in [0.25, 0.3) is 0 Å². The van der Waals surface area contributed by atoms with E-state index >= 15 is 0 Å². The number of nitrogens with one attached hydrogen (secondary N) is 1. The molecule has 0 radical (unpaired) electrons. The molecule has 0 spiro atoms. The van der Waals surface area contributed by atoms with E-state index in [4.69, 9.17) is 20.0 Å². The Morgan fingerprint density at radius 2 is 2.22 bits per heavy atom. The third kappa shape index (κ3) is 3.18. The summed E-state index contributed by atoms with van der Waals surface area (Å²) in [5.41, 5.74) is 7.27. The highest BCUT2D eigenvalue weighted by Gasteiger charge is 2.02. The van der Waals surface area contributed by atoms with E-state index in [0.717, 1.165) is 11.4 Å². The topological polar surface area (TPSA) is 80.7 Å². The summed E-state index contributed by atoms with van der Waals surface area (Å²) in [4.78, 5) is 0. The summed E-state index contributed by atoms with van der Waals surface area (Å²) in [6.45, 7) is 0.810. The van der Waals surface area contributed by atoms with E-state index in [1.54, 1.807) is 18.4 Å². The fraction of sp³-hybridized carbons (Fsp3) is 0.231. The molecule has 0 aliphatic carbocycles. The van der Waals surface area contributed by atoms with Gasteiger partial charge in [-0.15, -0.1) is 0 Å². The zero-order valence-corrected chi connectivity index (χ0v) is 9.93. The Morgan fingerprint density at radius 1 is 1.33 bits per heavy atom. The lowest BCUT2D eigenvalue weighted by Gasteiger charge is -2.10. The molecule has 0 amide bonds. The van der Waals surface area contributed by atoms with Crippen LogP contribution in [0.3, 0.4) is 0 Å². The minimum absolute atomic E-state index is 0.0298. The van der Waals surface area contributed by atoms with Crippen LogP contribution in [0.2, 0.25) is 0 Å². The molecule has 1 heterocycles. The number of furan rings is 1. The Labute approximate surface area is 105 Å². The van der Waals surface area contributed by atoms with Crippen LogP contribution >= 0.6 is 0 Å². The summed E-state index contributed by atoms with van der Waals surface area (Å²) in [7, 11) is 0. The van der Waals surface area contributed by atoms with Crippen LogP contribution in [0.1, 0.15) is 5.76 Å². The molecule has 0 aliphatic rings. The van der Waals surface area contributed by atoms with Crippen LogP contribution < -0.4 is 15.8 Å². The zero-order valence-electron chi connectivity index (χ0n) is 9.93. The fourth-order valence-electron chi connectivity index (χ4n) is 1.55. The first-order valence-corrected chi connectivity index (χ1v) is 5.69. The second kappa shape index (κ2) is 5.97. The lowest BCUT2D eigenvalue weighted by atomic mass is 10.2. The Hall–Kier alpha value is -2.14. The van der Waals surface area contributed by atoms with Crippen LogP contribution in [0.4, 0.5) is 11.4 Å². The summed E-state index contributed by atoms with van der Waals surface area (Å²) in [5, 5.41) is 11.9. The molecule has 0 fully saturated rings. The molecule has 4 N–H and O–H groups in total. The Bertz CT molecular complexity index is 483. The third-order valence-corrected chi connectivity index (χ3v) is 2.41. The molecule has 0 bridgehead atoms. The van der Waals surface area contributed by atoms with Gasteiger partial charge in [0.2, 0.25) is 0 Å². The monoisotopic (exact) mass is 248 g/mol. The summed E-state index contributed by atoms with van der Waals surface area (Å²) < 4.78 is 10.5. The Morgan fingerprint density at radius 3 is 2.89 bits per heavy atom. The number of rotatable bonds is 6. The van der Waals surface area contributed by atoms with Crippen LogP contribution in [0.5, 0.6) is 5.75 Å². The van der Waals surface area contributed by atoms with Gasteiger partial charge in [-0.05, 0) is 30.3 Å². The molecule has 0 aliphatic heterocycles. The van der Waals surface area contributed by atoms with Gasteiger partial charge in [0.25, 0.3) is 0 Å². The van der Waals surface area contributed by atoms with Crippen LogP contribution in [-0.4, -0.2) is 18.3 Å². The van der Waals surface area contributed by atoms with Gasteiger partial charge < -0.3 is 25.3 Å². The van der Waals surface area contributed by atoms with Crippen molar-refractivity contribution in [2.45, 2.75) is 6.54 Å². The van der Waals surface area contributed by atoms with Crippen LogP contribution in [-0.2, 0) is 6.54 Å². The van der Waals surface area contributed by atoms with Crippen molar-refractivity contribution in [3.8, 4) is 5.75 Å². The largest absolute Gasteiger partial charge is 0.489 e. The minimum Gasteiger partial charge on any atom is -0.489 e. The number of nitrogens with two attached hydrogens (primary N) is 1. The van der Waals surface area contributed by atoms with E-state index < -0.39 is 0 Å². The maximum atomic E-state index is 8.67. The molecule has 0 atom stereocenters. The molecule has 5 nitrogen and oxygen atoms in total. The molecular weight excluding hydrogens is 232 g/mol. The number of hydrogen-bond donors (Lipinski definition) is 3. The molecule has 0 saturated carbocycles. The summed E-state index contributed by atoms with van der Waals surface area (Å²) in [5.74, 6) is 1.43. The SMILES string of the molecule is Nc1cc(NCc2ccco2)ccc1OCCO. The highest BCUT2D eigenvalue weighted by molar-refractivity contribution is 5.62. The van der Waals surface area contributed by atoms with Crippen molar-refractivity contribution in [2.75, 3.05) is 24.3 Å². The number of ether oxygens (including phenoxy) is 1. The Kier molecular flexibility index (Phi) is 4.09. The summed E-state index contributed by atoms with van der Waals surface area (Å²) in [6.07, 6.45) is 1.64. The lowest BCUT2D eigenvalue weighted by molar-refractivity contribution is 0.202. The van der Waals surface area contributed by atoms with Gasteiger partial charge in [0.05, 0.1) is 25.1 Å².